The molecule has 1 aromatic carbocycles. The topological polar surface area (TPSA) is 106 Å². The van der Waals surface area contributed by atoms with Gasteiger partial charge in [0.1, 0.15) is 6.54 Å². The van der Waals surface area contributed by atoms with Gasteiger partial charge in [-0.3, -0.25) is 9.48 Å². The summed E-state index contributed by atoms with van der Waals surface area (Å²) in [6.07, 6.45) is 4.09. The molecule has 1 fully saturated rings. The number of halogens is 3. The second-order valence-electron chi connectivity index (χ2n) is 7.33. The van der Waals surface area contributed by atoms with Crippen molar-refractivity contribution >= 4 is 35.0 Å². The van der Waals surface area contributed by atoms with Crippen molar-refractivity contribution in [1.82, 2.24) is 24.6 Å². The zero-order chi connectivity index (χ0) is 24.1. The molecule has 1 saturated heterocycles. The fraction of sp³-hybridized carbons (Fsp3) is 0.333. The van der Waals surface area contributed by atoms with Crippen LogP contribution in [0, 0.1) is 11.6 Å². The molecule has 3 aromatic rings. The summed E-state index contributed by atoms with van der Waals surface area (Å²) in [7, 11) is 1.34. The normalized spacial score (nSPS) is 13.6. The fourth-order valence-electron chi connectivity index (χ4n) is 3.31. The first-order chi connectivity index (χ1) is 16.4. The third kappa shape index (κ3) is 5.51. The van der Waals surface area contributed by atoms with E-state index in [1.165, 1.54) is 30.1 Å². The lowest BCUT2D eigenvalue weighted by Crippen LogP contribution is -2.42. The number of rotatable bonds is 8. The van der Waals surface area contributed by atoms with Crippen LogP contribution in [0.5, 0.6) is 5.75 Å². The van der Waals surface area contributed by atoms with E-state index in [0.717, 1.165) is 6.20 Å². The molecule has 1 aliphatic heterocycles. The number of nitrogens with one attached hydrogen (secondary N) is 2. The van der Waals surface area contributed by atoms with Crippen LogP contribution in [0.1, 0.15) is 5.56 Å². The Morgan fingerprint density at radius 3 is 2.82 bits per heavy atom. The van der Waals surface area contributed by atoms with Crippen molar-refractivity contribution in [3.8, 4) is 5.75 Å². The summed E-state index contributed by atoms with van der Waals surface area (Å²) >= 11 is 6.07. The number of methoxy groups -OCH3 is 1. The molecular formula is C21H22ClF2N7O3. The van der Waals surface area contributed by atoms with Crippen molar-refractivity contribution in [2.24, 2.45) is 0 Å². The summed E-state index contributed by atoms with van der Waals surface area (Å²) in [6.45, 7) is 2.09. The third-order valence-corrected chi connectivity index (χ3v) is 5.45. The van der Waals surface area contributed by atoms with Crippen molar-refractivity contribution in [3.05, 3.63) is 52.9 Å². The van der Waals surface area contributed by atoms with E-state index in [-0.39, 0.29) is 47.1 Å². The van der Waals surface area contributed by atoms with Gasteiger partial charge in [0.2, 0.25) is 11.9 Å². The van der Waals surface area contributed by atoms with Gasteiger partial charge in [0, 0.05) is 36.4 Å². The minimum atomic E-state index is -0.725. The molecule has 10 nitrogen and oxygen atoms in total. The van der Waals surface area contributed by atoms with Gasteiger partial charge in [-0.2, -0.15) is 10.1 Å². The Kier molecular flexibility index (Phi) is 7.38. The van der Waals surface area contributed by atoms with Gasteiger partial charge in [-0.05, 0) is 12.1 Å². The Hall–Kier alpha value is -3.51. The fourth-order valence-corrected chi connectivity index (χ4v) is 3.53. The number of anilines is 3. The standard InChI is InChI=1S/C21H22ClF2N7O3/c1-33-17-3-2-15(22)14(19(17)24)9-25-20-16(23)10-26-21(29-20)28-13-8-27-31(11-13)12-18(32)30-4-6-34-7-5-30/h2-3,8,10-11H,4-7,9,12H2,1H3,(H2,25,26,28,29). The second kappa shape index (κ2) is 10.6. The van der Waals surface area contributed by atoms with E-state index in [1.54, 1.807) is 11.1 Å². The Morgan fingerprint density at radius 1 is 1.26 bits per heavy atom. The van der Waals surface area contributed by atoms with Crippen LogP contribution in [0.2, 0.25) is 5.02 Å². The van der Waals surface area contributed by atoms with Crippen molar-refractivity contribution in [1.29, 1.82) is 0 Å². The van der Waals surface area contributed by atoms with Gasteiger partial charge in [0.05, 0.1) is 38.4 Å². The van der Waals surface area contributed by atoms with Gasteiger partial charge >= 0.3 is 0 Å². The van der Waals surface area contributed by atoms with E-state index >= 15 is 0 Å². The first kappa shape index (κ1) is 23.6. The van der Waals surface area contributed by atoms with E-state index in [2.05, 4.69) is 25.7 Å². The maximum atomic E-state index is 14.5. The Balaban J connectivity index is 1.40. The molecule has 4 rings (SSSR count). The van der Waals surface area contributed by atoms with Crippen LogP contribution >= 0.6 is 11.6 Å². The maximum Gasteiger partial charge on any atom is 0.244 e. The average molecular weight is 494 g/mol. The van der Waals surface area contributed by atoms with Gasteiger partial charge in [0.15, 0.2) is 23.2 Å². The van der Waals surface area contributed by atoms with Crippen LogP contribution in [-0.4, -0.2) is 64.0 Å². The van der Waals surface area contributed by atoms with Crippen molar-refractivity contribution in [2.75, 3.05) is 44.0 Å². The predicted molar refractivity (Wildman–Crippen MR) is 120 cm³/mol. The number of carbonyl (C=O) groups excluding carboxylic acids is 1. The zero-order valence-electron chi connectivity index (χ0n) is 18.2. The summed E-state index contributed by atoms with van der Waals surface area (Å²) < 4.78 is 40.4. The zero-order valence-corrected chi connectivity index (χ0v) is 19.0. The molecular weight excluding hydrogens is 472 g/mol. The van der Waals surface area contributed by atoms with E-state index in [1.807, 2.05) is 0 Å². The Labute approximate surface area is 198 Å². The molecule has 34 heavy (non-hydrogen) atoms. The molecule has 2 aromatic heterocycles. The number of hydrogen-bond donors (Lipinski definition) is 2. The van der Waals surface area contributed by atoms with Gasteiger partial charge in [-0.15, -0.1) is 0 Å². The first-order valence-electron chi connectivity index (χ1n) is 10.4. The summed E-state index contributed by atoms with van der Waals surface area (Å²) in [5.74, 6) is -1.47. The Bertz CT molecular complexity index is 1170. The SMILES string of the molecule is COc1ccc(Cl)c(CNc2nc(Nc3cnn(CC(=O)N4CCOCC4)c3)ncc2F)c1F. The summed E-state index contributed by atoms with van der Waals surface area (Å²) in [4.78, 5) is 22.1. The van der Waals surface area contributed by atoms with Gasteiger partial charge < -0.3 is 25.0 Å². The molecule has 0 saturated carbocycles. The number of aromatic nitrogens is 4. The number of ether oxygens (including phenoxy) is 2. The highest BCUT2D eigenvalue weighted by atomic mass is 35.5. The van der Waals surface area contributed by atoms with Crippen LogP contribution in [0.25, 0.3) is 0 Å². The molecule has 0 unspecified atom stereocenters. The quantitative estimate of drug-likeness (QED) is 0.493. The first-order valence-corrected chi connectivity index (χ1v) is 10.7. The van der Waals surface area contributed by atoms with Crippen molar-refractivity contribution in [2.45, 2.75) is 13.1 Å². The molecule has 1 aliphatic rings. The van der Waals surface area contributed by atoms with E-state index in [9.17, 15) is 13.6 Å². The predicted octanol–water partition coefficient (Wildman–Crippen LogP) is 2.83. The lowest BCUT2D eigenvalue weighted by molar-refractivity contribution is -0.136. The Morgan fingerprint density at radius 2 is 2.06 bits per heavy atom. The lowest BCUT2D eigenvalue weighted by atomic mass is 10.2. The lowest BCUT2D eigenvalue weighted by Gasteiger charge is -2.26. The van der Waals surface area contributed by atoms with E-state index < -0.39 is 11.6 Å². The molecule has 0 bridgehead atoms. The van der Waals surface area contributed by atoms with Crippen LogP contribution in [0.3, 0.4) is 0 Å². The molecule has 0 radical (unpaired) electrons. The van der Waals surface area contributed by atoms with Crippen molar-refractivity contribution < 1.29 is 23.0 Å². The molecule has 1 amide bonds. The van der Waals surface area contributed by atoms with Crippen LogP contribution in [0.15, 0.2) is 30.7 Å². The largest absolute Gasteiger partial charge is 0.494 e. The monoisotopic (exact) mass is 493 g/mol. The molecule has 2 N–H and O–H groups in total. The number of hydrogen-bond acceptors (Lipinski definition) is 8. The van der Waals surface area contributed by atoms with Gasteiger partial charge in [0.25, 0.3) is 0 Å². The number of nitrogens with zero attached hydrogens (tertiary/aromatic N) is 5. The number of carbonyl (C=O) groups is 1. The van der Waals surface area contributed by atoms with Crippen LogP contribution in [-0.2, 0) is 22.6 Å². The minimum Gasteiger partial charge on any atom is -0.494 e. The van der Waals surface area contributed by atoms with Gasteiger partial charge in [-0.25, -0.2) is 13.8 Å². The van der Waals surface area contributed by atoms with Crippen LogP contribution < -0.4 is 15.4 Å². The molecule has 0 spiro atoms. The maximum absolute atomic E-state index is 14.5. The third-order valence-electron chi connectivity index (χ3n) is 5.10. The second-order valence-corrected chi connectivity index (χ2v) is 7.74. The number of benzene rings is 1. The molecule has 0 atom stereocenters. The molecule has 0 aliphatic carbocycles. The summed E-state index contributed by atoms with van der Waals surface area (Å²) in [5, 5.41) is 9.96. The minimum absolute atomic E-state index is 0.0239. The summed E-state index contributed by atoms with van der Waals surface area (Å²) in [6, 6.07) is 2.90. The van der Waals surface area contributed by atoms with Gasteiger partial charge in [-0.1, -0.05) is 11.6 Å². The molecule has 3 heterocycles. The van der Waals surface area contributed by atoms with E-state index in [0.29, 0.717) is 32.0 Å². The number of amides is 1. The smallest absolute Gasteiger partial charge is 0.244 e. The average Bonchev–Trinajstić information content (AvgIpc) is 3.28. The highest BCUT2D eigenvalue weighted by Gasteiger charge is 2.18. The highest BCUT2D eigenvalue weighted by Crippen LogP contribution is 2.28. The molecule has 13 heteroatoms. The molecule has 180 valence electrons. The van der Waals surface area contributed by atoms with E-state index in [4.69, 9.17) is 21.1 Å². The van der Waals surface area contributed by atoms with Crippen LogP contribution in [0.4, 0.5) is 26.2 Å². The summed E-state index contributed by atoms with van der Waals surface area (Å²) in [5.41, 5.74) is 0.619. The van der Waals surface area contributed by atoms with Crippen molar-refractivity contribution in [3.63, 3.8) is 0 Å². The number of morpholine rings is 1. The highest BCUT2D eigenvalue weighted by molar-refractivity contribution is 6.31.